The van der Waals surface area contributed by atoms with Gasteiger partial charge in [-0.25, -0.2) is 9.37 Å². The predicted molar refractivity (Wildman–Crippen MR) is 104 cm³/mol. The summed E-state index contributed by atoms with van der Waals surface area (Å²) in [6.45, 7) is 1.92. The van der Waals surface area contributed by atoms with E-state index in [4.69, 9.17) is 5.41 Å². The Morgan fingerprint density at radius 3 is 2.56 bits per heavy atom. The van der Waals surface area contributed by atoms with Gasteiger partial charge in [-0.3, -0.25) is 14.3 Å². The molecule has 138 valence electrons. The zero-order valence-corrected chi connectivity index (χ0v) is 15.1. The number of halogens is 1. The largest absolute Gasteiger partial charge is 0.382 e. The molecule has 2 heterocycles. The fourth-order valence-corrected chi connectivity index (χ4v) is 2.76. The lowest BCUT2D eigenvalue weighted by molar-refractivity contribution is 0.628. The van der Waals surface area contributed by atoms with E-state index in [1.165, 1.54) is 22.8 Å². The van der Waals surface area contributed by atoms with Gasteiger partial charge in [0.15, 0.2) is 5.82 Å². The Labute approximate surface area is 156 Å². The predicted octanol–water partition coefficient (Wildman–Crippen LogP) is 3.24. The number of hydrogen-bond acceptors (Lipinski definition) is 5. The molecule has 0 saturated heterocycles. The van der Waals surface area contributed by atoms with Crippen LogP contribution in [0.4, 0.5) is 10.1 Å². The Morgan fingerprint density at radius 1 is 1.22 bits per heavy atom. The van der Waals surface area contributed by atoms with Gasteiger partial charge in [0.1, 0.15) is 5.82 Å². The smallest absolute Gasteiger partial charge is 0.254 e. The van der Waals surface area contributed by atoms with Gasteiger partial charge >= 0.3 is 0 Å². The van der Waals surface area contributed by atoms with E-state index in [-0.39, 0.29) is 23.1 Å². The van der Waals surface area contributed by atoms with E-state index in [1.54, 1.807) is 43.7 Å². The first-order valence-corrected chi connectivity index (χ1v) is 8.52. The van der Waals surface area contributed by atoms with Crippen LogP contribution >= 0.6 is 0 Å². The molecule has 2 N–H and O–H groups in total. The van der Waals surface area contributed by atoms with Crippen molar-refractivity contribution in [2.45, 2.75) is 19.4 Å². The molecule has 0 aliphatic carbocycles. The summed E-state index contributed by atoms with van der Waals surface area (Å²) in [5.41, 5.74) is 2.07. The molecule has 0 fully saturated rings. The maximum atomic E-state index is 13.0. The van der Waals surface area contributed by atoms with Crippen LogP contribution in [0.15, 0.2) is 59.7 Å². The number of benzene rings is 1. The molecular formula is C20H20FN5O. The quantitative estimate of drug-likeness (QED) is 0.657. The van der Waals surface area contributed by atoms with Gasteiger partial charge in [0, 0.05) is 49.2 Å². The number of nitrogens with zero attached hydrogens (tertiary/aromatic N) is 3. The lowest BCUT2D eigenvalue weighted by atomic mass is 10.1. The van der Waals surface area contributed by atoms with Gasteiger partial charge in [0.25, 0.3) is 5.56 Å². The average Bonchev–Trinajstić information content (AvgIpc) is 2.66. The second-order valence-electron chi connectivity index (χ2n) is 6.33. The van der Waals surface area contributed by atoms with Gasteiger partial charge in [-0.2, -0.15) is 0 Å². The van der Waals surface area contributed by atoms with E-state index < -0.39 is 0 Å². The summed E-state index contributed by atoms with van der Waals surface area (Å²) in [6.07, 6.45) is 3.62. The minimum atomic E-state index is -0.298. The van der Waals surface area contributed by atoms with Crippen LogP contribution < -0.4 is 10.9 Å². The molecule has 0 spiro atoms. The molecule has 0 aliphatic heterocycles. The van der Waals surface area contributed by atoms with E-state index >= 15 is 0 Å². The third-order valence-corrected chi connectivity index (χ3v) is 4.15. The standard InChI is InChI=1S/C20H20FN5O/c1-13(24-16-5-3-15(21)4-6-16)11-17(22)20-25-18(12-19(27)26(20)2)14-7-9-23-10-8-14/h3-10,12-13,22,24H,11H2,1-2H3/t13-/m1/s1. The Morgan fingerprint density at radius 2 is 1.89 bits per heavy atom. The van der Waals surface area contributed by atoms with Crippen LogP contribution in [-0.2, 0) is 7.05 Å². The van der Waals surface area contributed by atoms with Crippen molar-refractivity contribution < 1.29 is 4.39 Å². The number of hydrogen-bond donors (Lipinski definition) is 2. The molecule has 1 aromatic carbocycles. The summed E-state index contributed by atoms with van der Waals surface area (Å²) in [7, 11) is 1.60. The Bertz CT molecular complexity index is 999. The van der Waals surface area contributed by atoms with Crippen molar-refractivity contribution in [2.75, 3.05) is 5.32 Å². The van der Waals surface area contributed by atoms with Crippen molar-refractivity contribution in [3.05, 3.63) is 76.9 Å². The second-order valence-corrected chi connectivity index (χ2v) is 6.33. The molecule has 3 aromatic rings. The zero-order valence-electron chi connectivity index (χ0n) is 15.1. The molecule has 6 nitrogen and oxygen atoms in total. The molecular weight excluding hydrogens is 345 g/mol. The molecule has 0 radical (unpaired) electrons. The number of anilines is 1. The Balaban J connectivity index is 1.80. The van der Waals surface area contributed by atoms with Crippen molar-refractivity contribution in [1.82, 2.24) is 14.5 Å². The number of nitrogens with one attached hydrogen (secondary N) is 2. The Hall–Kier alpha value is -3.35. The minimum Gasteiger partial charge on any atom is -0.382 e. The first-order chi connectivity index (χ1) is 12.9. The zero-order chi connectivity index (χ0) is 19.4. The normalized spacial score (nSPS) is 11.8. The van der Waals surface area contributed by atoms with E-state index in [0.29, 0.717) is 17.9 Å². The van der Waals surface area contributed by atoms with Gasteiger partial charge in [-0.05, 0) is 43.3 Å². The molecule has 1 atom stereocenters. The maximum Gasteiger partial charge on any atom is 0.254 e. The first-order valence-electron chi connectivity index (χ1n) is 8.52. The van der Waals surface area contributed by atoms with Crippen molar-refractivity contribution in [3.8, 4) is 11.3 Å². The van der Waals surface area contributed by atoms with Crippen LogP contribution in [0.3, 0.4) is 0 Å². The third kappa shape index (κ3) is 4.44. The SMILES string of the molecule is C[C@H](CC(=N)c1nc(-c2ccncc2)cc(=O)n1C)Nc1ccc(F)cc1. The number of pyridine rings is 1. The summed E-state index contributed by atoms with van der Waals surface area (Å²) in [4.78, 5) is 20.8. The van der Waals surface area contributed by atoms with Gasteiger partial charge in [-0.15, -0.1) is 0 Å². The van der Waals surface area contributed by atoms with Gasteiger partial charge in [-0.1, -0.05) is 0 Å². The van der Waals surface area contributed by atoms with Crippen molar-refractivity contribution >= 4 is 11.4 Å². The molecule has 0 amide bonds. The fraction of sp³-hybridized carbons (Fsp3) is 0.200. The molecule has 0 bridgehead atoms. The molecule has 7 heteroatoms. The number of rotatable bonds is 6. The van der Waals surface area contributed by atoms with Gasteiger partial charge in [0.05, 0.1) is 11.4 Å². The highest BCUT2D eigenvalue weighted by Gasteiger charge is 2.15. The topological polar surface area (TPSA) is 83.7 Å². The summed E-state index contributed by atoms with van der Waals surface area (Å²) < 4.78 is 14.4. The number of aromatic nitrogens is 3. The molecule has 0 aliphatic rings. The third-order valence-electron chi connectivity index (χ3n) is 4.15. The highest BCUT2D eigenvalue weighted by Crippen LogP contribution is 2.16. The summed E-state index contributed by atoms with van der Waals surface area (Å²) >= 11 is 0. The molecule has 3 rings (SSSR count). The maximum absolute atomic E-state index is 13.0. The van der Waals surface area contributed by atoms with Crippen molar-refractivity contribution in [2.24, 2.45) is 7.05 Å². The fourth-order valence-electron chi connectivity index (χ4n) is 2.76. The summed E-state index contributed by atoms with van der Waals surface area (Å²) in [5, 5.41) is 11.6. The first kappa shape index (κ1) is 18.4. The van der Waals surface area contributed by atoms with Crippen LogP contribution in [0, 0.1) is 11.2 Å². The van der Waals surface area contributed by atoms with Crippen molar-refractivity contribution in [1.29, 1.82) is 5.41 Å². The highest BCUT2D eigenvalue weighted by atomic mass is 19.1. The van der Waals surface area contributed by atoms with Crippen LogP contribution in [-0.4, -0.2) is 26.3 Å². The highest BCUT2D eigenvalue weighted by molar-refractivity contribution is 5.96. The summed E-state index contributed by atoms with van der Waals surface area (Å²) in [5.74, 6) is 0.0233. The van der Waals surface area contributed by atoms with E-state index in [9.17, 15) is 9.18 Å². The van der Waals surface area contributed by atoms with E-state index in [2.05, 4.69) is 15.3 Å². The van der Waals surface area contributed by atoms with Crippen LogP contribution in [0.25, 0.3) is 11.3 Å². The lowest BCUT2D eigenvalue weighted by Crippen LogP contribution is -2.28. The molecule has 27 heavy (non-hydrogen) atoms. The van der Waals surface area contributed by atoms with Crippen molar-refractivity contribution in [3.63, 3.8) is 0 Å². The molecule has 0 unspecified atom stereocenters. The average molecular weight is 365 g/mol. The van der Waals surface area contributed by atoms with Crippen LogP contribution in [0.2, 0.25) is 0 Å². The monoisotopic (exact) mass is 365 g/mol. The molecule has 0 saturated carbocycles. The summed E-state index contributed by atoms with van der Waals surface area (Å²) in [6, 6.07) is 11.0. The van der Waals surface area contributed by atoms with Gasteiger partial charge in [0.2, 0.25) is 0 Å². The van der Waals surface area contributed by atoms with E-state index in [0.717, 1.165) is 11.3 Å². The van der Waals surface area contributed by atoms with Crippen LogP contribution in [0.5, 0.6) is 0 Å². The minimum absolute atomic E-state index is 0.0931. The Kier molecular flexibility index (Phi) is 5.40. The van der Waals surface area contributed by atoms with Crippen LogP contribution in [0.1, 0.15) is 19.2 Å². The second kappa shape index (κ2) is 7.90. The lowest BCUT2D eigenvalue weighted by Gasteiger charge is -2.17. The van der Waals surface area contributed by atoms with Gasteiger partial charge < -0.3 is 10.7 Å². The van der Waals surface area contributed by atoms with E-state index in [1.807, 2.05) is 6.92 Å². The molecule has 2 aromatic heterocycles.